The maximum atomic E-state index is 10.8. The third-order valence-electron chi connectivity index (χ3n) is 2.71. The van der Waals surface area contributed by atoms with Gasteiger partial charge in [-0.3, -0.25) is 4.79 Å². The van der Waals surface area contributed by atoms with Crippen molar-refractivity contribution in [1.29, 1.82) is 0 Å². The summed E-state index contributed by atoms with van der Waals surface area (Å²) in [6.07, 6.45) is -0.161. The van der Waals surface area contributed by atoms with E-state index >= 15 is 0 Å². The van der Waals surface area contributed by atoms with Crippen LogP contribution in [0.4, 0.5) is 0 Å². The number of carboxylic acids is 1. The van der Waals surface area contributed by atoms with Gasteiger partial charge in [-0.1, -0.05) is 52.5 Å². The number of hydrogen-bond donors (Lipinski definition) is 1. The summed E-state index contributed by atoms with van der Waals surface area (Å²) in [6.45, 7) is 0. The lowest BCUT2D eigenvalue weighted by Crippen LogP contribution is -2.00. The zero-order chi connectivity index (χ0) is 14.9. The van der Waals surface area contributed by atoms with Crippen LogP contribution in [0.5, 0.6) is 0 Å². The molecule has 2 nitrogen and oxygen atoms in total. The highest BCUT2D eigenvalue weighted by Gasteiger charge is 2.11. The Morgan fingerprint density at radius 1 is 0.900 bits per heavy atom. The molecule has 0 fully saturated rings. The first kappa shape index (κ1) is 15.5. The van der Waals surface area contributed by atoms with E-state index in [1.807, 2.05) is 0 Å². The van der Waals surface area contributed by atoms with E-state index in [1.165, 1.54) is 0 Å². The smallest absolute Gasteiger partial charge is 0.307 e. The second-order valence-corrected chi connectivity index (χ2v) is 5.75. The van der Waals surface area contributed by atoms with E-state index < -0.39 is 5.97 Å². The minimum Gasteiger partial charge on any atom is -0.481 e. The summed E-state index contributed by atoms with van der Waals surface area (Å²) >= 11 is 24.0. The van der Waals surface area contributed by atoms with E-state index in [0.29, 0.717) is 31.2 Å². The van der Waals surface area contributed by atoms with Crippen LogP contribution in [0.25, 0.3) is 11.1 Å². The fraction of sp³-hybridized carbons (Fsp3) is 0.0714. The Morgan fingerprint density at radius 3 is 2.20 bits per heavy atom. The van der Waals surface area contributed by atoms with Gasteiger partial charge in [-0.15, -0.1) is 0 Å². The molecular formula is C14H8Cl4O2. The van der Waals surface area contributed by atoms with Crippen LogP contribution < -0.4 is 0 Å². The molecule has 0 aliphatic heterocycles. The fourth-order valence-electron chi connectivity index (χ4n) is 1.78. The Kier molecular flexibility index (Phi) is 4.82. The van der Waals surface area contributed by atoms with E-state index in [1.54, 1.807) is 30.3 Å². The van der Waals surface area contributed by atoms with E-state index in [-0.39, 0.29) is 6.42 Å². The molecule has 0 aliphatic carbocycles. The van der Waals surface area contributed by atoms with Gasteiger partial charge in [0.15, 0.2) is 0 Å². The van der Waals surface area contributed by atoms with Crippen molar-refractivity contribution in [3.05, 3.63) is 56.0 Å². The predicted octanol–water partition coefficient (Wildman–Crippen LogP) is 5.59. The number of halogens is 4. The highest BCUT2D eigenvalue weighted by molar-refractivity contribution is 6.44. The van der Waals surface area contributed by atoms with Gasteiger partial charge >= 0.3 is 5.97 Å². The van der Waals surface area contributed by atoms with Crippen molar-refractivity contribution in [1.82, 2.24) is 0 Å². The summed E-state index contributed by atoms with van der Waals surface area (Å²) in [4.78, 5) is 10.8. The molecule has 6 heteroatoms. The minimum absolute atomic E-state index is 0.161. The van der Waals surface area contributed by atoms with Crippen molar-refractivity contribution in [2.45, 2.75) is 6.42 Å². The maximum Gasteiger partial charge on any atom is 0.307 e. The summed E-state index contributed by atoms with van der Waals surface area (Å²) in [5.74, 6) is -0.954. The van der Waals surface area contributed by atoms with Crippen molar-refractivity contribution in [2.75, 3.05) is 0 Å². The molecule has 0 saturated carbocycles. The maximum absolute atomic E-state index is 10.8. The van der Waals surface area contributed by atoms with Crippen molar-refractivity contribution >= 4 is 52.4 Å². The average Bonchev–Trinajstić information content (AvgIpc) is 2.36. The summed E-state index contributed by atoms with van der Waals surface area (Å²) in [7, 11) is 0. The summed E-state index contributed by atoms with van der Waals surface area (Å²) in [5, 5.41) is 10.4. The lowest BCUT2D eigenvalue weighted by Gasteiger charge is -2.09. The van der Waals surface area contributed by atoms with E-state index in [0.717, 1.165) is 5.56 Å². The topological polar surface area (TPSA) is 37.3 Å². The van der Waals surface area contributed by atoms with Crippen LogP contribution in [-0.2, 0) is 11.2 Å². The van der Waals surface area contributed by atoms with Crippen molar-refractivity contribution < 1.29 is 9.90 Å². The Labute approximate surface area is 135 Å². The number of hydrogen-bond acceptors (Lipinski definition) is 1. The normalized spacial score (nSPS) is 10.6. The second-order valence-electron chi connectivity index (χ2n) is 4.12. The first-order valence-electron chi connectivity index (χ1n) is 5.53. The molecule has 20 heavy (non-hydrogen) atoms. The van der Waals surface area contributed by atoms with Gasteiger partial charge < -0.3 is 5.11 Å². The molecule has 0 aliphatic rings. The van der Waals surface area contributed by atoms with Crippen LogP contribution in [0, 0.1) is 0 Å². The molecule has 0 bridgehead atoms. The van der Waals surface area contributed by atoms with Gasteiger partial charge in [-0.25, -0.2) is 0 Å². The Balaban J connectivity index is 2.53. The van der Waals surface area contributed by atoms with Gasteiger partial charge in [0.1, 0.15) is 0 Å². The van der Waals surface area contributed by atoms with E-state index in [4.69, 9.17) is 51.5 Å². The standard InChI is InChI=1S/C14H8Cl4O2/c15-10-2-1-7(3-8(10)4-14(19)20)9-5-12(17)13(18)6-11(9)16/h1-3,5-6H,4H2,(H,19,20). The third kappa shape index (κ3) is 3.39. The Hall–Kier alpha value is -0.930. The fourth-order valence-corrected chi connectivity index (χ4v) is 2.62. The van der Waals surface area contributed by atoms with Crippen LogP contribution in [0.15, 0.2) is 30.3 Å². The Morgan fingerprint density at radius 2 is 1.55 bits per heavy atom. The van der Waals surface area contributed by atoms with Gasteiger partial charge in [-0.2, -0.15) is 0 Å². The first-order chi connectivity index (χ1) is 9.38. The van der Waals surface area contributed by atoms with Crippen LogP contribution >= 0.6 is 46.4 Å². The van der Waals surface area contributed by atoms with Gasteiger partial charge in [0.25, 0.3) is 0 Å². The molecule has 2 rings (SSSR count). The number of rotatable bonds is 3. The Bertz CT molecular complexity index is 683. The van der Waals surface area contributed by atoms with Gasteiger partial charge in [0, 0.05) is 15.6 Å². The van der Waals surface area contributed by atoms with Crippen molar-refractivity contribution in [3.8, 4) is 11.1 Å². The first-order valence-corrected chi connectivity index (χ1v) is 7.05. The molecule has 0 amide bonds. The van der Waals surface area contributed by atoms with Crippen molar-refractivity contribution in [2.24, 2.45) is 0 Å². The molecule has 104 valence electrons. The summed E-state index contributed by atoms with van der Waals surface area (Å²) < 4.78 is 0. The number of carboxylic acid groups (broad SMARTS) is 1. The van der Waals surface area contributed by atoms with Crippen LogP contribution in [0.2, 0.25) is 20.1 Å². The largest absolute Gasteiger partial charge is 0.481 e. The third-order valence-corrected chi connectivity index (χ3v) is 4.11. The highest BCUT2D eigenvalue weighted by atomic mass is 35.5. The predicted molar refractivity (Wildman–Crippen MR) is 83.3 cm³/mol. The van der Waals surface area contributed by atoms with Crippen LogP contribution in [0.3, 0.4) is 0 Å². The number of carbonyl (C=O) groups is 1. The second kappa shape index (κ2) is 6.23. The van der Waals surface area contributed by atoms with E-state index in [9.17, 15) is 4.79 Å². The molecule has 0 aromatic heterocycles. The van der Waals surface area contributed by atoms with Gasteiger partial charge in [0.2, 0.25) is 0 Å². The minimum atomic E-state index is -0.954. The van der Waals surface area contributed by atoms with Crippen LogP contribution in [-0.4, -0.2) is 11.1 Å². The highest BCUT2D eigenvalue weighted by Crippen LogP contribution is 2.36. The van der Waals surface area contributed by atoms with Gasteiger partial charge in [-0.05, 0) is 35.4 Å². The quantitative estimate of drug-likeness (QED) is 0.733. The number of aliphatic carboxylic acids is 1. The average molecular weight is 350 g/mol. The molecule has 0 heterocycles. The lowest BCUT2D eigenvalue weighted by molar-refractivity contribution is -0.136. The van der Waals surface area contributed by atoms with E-state index in [2.05, 4.69) is 0 Å². The molecule has 0 spiro atoms. The zero-order valence-corrected chi connectivity index (χ0v) is 13.0. The SMILES string of the molecule is O=C(O)Cc1cc(-c2cc(Cl)c(Cl)cc2Cl)ccc1Cl. The zero-order valence-electron chi connectivity index (χ0n) is 9.96. The van der Waals surface area contributed by atoms with Crippen LogP contribution in [0.1, 0.15) is 5.56 Å². The molecular weight excluding hydrogens is 342 g/mol. The molecule has 0 unspecified atom stereocenters. The summed E-state index contributed by atoms with van der Waals surface area (Å²) in [6, 6.07) is 8.25. The molecule has 2 aromatic rings. The van der Waals surface area contributed by atoms with Gasteiger partial charge in [0.05, 0.1) is 16.5 Å². The number of benzene rings is 2. The monoisotopic (exact) mass is 348 g/mol. The molecule has 0 saturated heterocycles. The molecule has 0 atom stereocenters. The molecule has 1 N–H and O–H groups in total. The molecule has 2 aromatic carbocycles. The lowest BCUT2D eigenvalue weighted by atomic mass is 10.0. The van der Waals surface area contributed by atoms with Crippen molar-refractivity contribution in [3.63, 3.8) is 0 Å². The molecule has 0 radical (unpaired) electrons. The summed E-state index contributed by atoms with van der Waals surface area (Å²) in [5.41, 5.74) is 1.91.